The van der Waals surface area contributed by atoms with Crippen LogP contribution < -0.4 is 4.90 Å². The average molecular weight is 391 g/mol. The van der Waals surface area contributed by atoms with Crippen molar-refractivity contribution in [3.8, 4) is 11.1 Å². The first-order valence-electron chi connectivity index (χ1n) is 10.6. The summed E-state index contributed by atoms with van der Waals surface area (Å²) in [5.41, 5.74) is 9.42. The van der Waals surface area contributed by atoms with Crippen LogP contribution in [0.3, 0.4) is 0 Å². The molecule has 0 radical (unpaired) electrons. The zero-order valence-electron chi connectivity index (χ0n) is 18.3. The molecule has 3 aromatic rings. The fourth-order valence-electron chi connectivity index (χ4n) is 5.04. The van der Waals surface area contributed by atoms with Crippen LogP contribution >= 0.6 is 0 Å². The van der Waals surface area contributed by atoms with Crippen molar-refractivity contribution in [1.82, 2.24) is 14.6 Å². The van der Waals surface area contributed by atoms with Gasteiger partial charge in [0.05, 0.1) is 11.3 Å². The molecule has 2 aromatic heterocycles. The van der Waals surface area contributed by atoms with E-state index in [0.717, 1.165) is 71.4 Å². The van der Waals surface area contributed by atoms with Gasteiger partial charge in [-0.3, -0.25) is 4.79 Å². The molecule has 0 unspecified atom stereocenters. The number of hydrogen-bond acceptors (Lipinski definition) is 4. The first kappa shape index (κ1) is 19.6. The highest BCUT2D eigenvalue weighted by molar-refractivity contribution is 5.87. The van der Waals surface area contributed by atoms with Crippen LogP contribution in [0.5, 0.6) is 0 Å². The molecule has 0 spiro atoms. The van der Waals surface area contributed by atoms with Crippen molar-refractivity contribution < 1.29 is 4.79 Å². The van der Waals surface area contributed by atoms with E-state index in [9.17, 15) is 4.79 Å². The smallest absolute Gasteiger partial charge is 0.165 e. The van der Waals surface area contributed by atoms with E-state index in [1.54, 1.807) is 0 Å². The van der Waals surface area contributed by atoms with Crippen LogP contribution in [0.4, 0.5) is 5.82 Å². The van der Waals surface area contributed by atoms with Gasteiger partial charge in [-0.25, -0.2) is 4.98 Å². The first-order chi connectivity index (χ1) is 13.9. The Bertz CT molecular complexity index is 1080. The molecule has 0 amide bonds. The Labute approximate surface area is 172 Å². The van der Waals surface area contributed by atoms with E-state index in [1.807, 2.05) is 12.1 Å². The Hall–Kier alpha value is -2.69. The van der Waals surface area contributed by atoms with Crippen molar-refractivity contribution >= 4 is 17.8 Å². The number of nitrogens with zero attached hydrogens (tertiary/aromatic N) is 4. The molecule has 0 N–H and O–H groups in total. The Morgan fingerprint density at radius 3 is 2.28 bits per heavy atom. The van der Waals surface area contributed by atoms with E-state index in [4.69, 9.17) is 10.1 Å². The number of carbonyl (C=O) groups is 1. The minimum atomic E-state index is 0.518. The second kappa shape index (κ2) is 7.29. The third kappa shape index (κ3) is 2.95. The molecule has 4 rings (SSSR count). The van der Waals surface area contributed by atoms with Gasteiger partial charge in [-0.15, -0.1) is 0 Å². The maximum atomic E-state index is 11.3. The second-order valence-electron chi connectivity index (χ2n) is 8.26. The number of aromatic nitrogens is 3. The summed E-state index contributed by atoms with van der Waals surface area (Å²) in [6.07, 6.45) is 4.19. The Kier molecular flexibility index (Phi) is 4.93. The zero-order chi connectivity index (χ0) is 20.9. The average Bonchev–Trinajstić information content (AvgIpc) is 3.25. The lowest BCUT2D eigenvalue weighted by Gasteiger charge is -2.28. The third-order valence-corrected chi connectivity index (χ3v) is 6.42. The molecule has 0 saturated heterocycles. The van der Waals surface area contributed by atoms with E-state index in [2.05, 4.69) is 51.0 Å². The normalized spacial score (nSPS) is 13.6. The lowest BCUT2D eigenvalue weighted by molar-refractivity contribution is 0.112. The van der Waals surface area contributed by atoms with Crippen LogP contribution in [0.25, 0.3) is 16.8 Å². The second-order valence-corrected chi connectivity index (χ2v) is 8.26. The van der Waals surface area contributed by atoms with Crippen molar-refractivity contribution in [2.24, 2.45) is 0 Å². The monoisotopic (exact) mass is 390 g/mol. The van der Waals surface area contributed by atoms with Crippen molar-refractivity contribution in [2.45, 2.75) is 66.8 Å². The summed E-state index contributed by atoms with van der Waals surface area (Å²) >= 11 is 0. The molecule has 29 heavy (non-hydrogen) atoms. The maximum Gasteiger partial charge on any atom is 0.165 e. The molecule has 0 saturated carbocycles. The molecule has 0 fully saturated rings. The predicted molar refractivity (Wildman–Crippen MR) is 118 cm³/mol. The number of carbonyl (C=O) groups excluding carboxylic acids is 1. The van der Waals surface area contributed by atoms with Gasteiger partial charge in [-0.05, 0) is 75.8 Å². The number of rotatable bonds is 5. The molecule has 1 aliphatic heterocycles. The number of anilines is 1. The van der Waals surface area contributed by atoms with Gasteiger partial charge in [0.1, 0.15) is 12.1 Å². The van der Waals surface area contributed by atoms with Gasteiger partial charge in [-0.1, -0.05) is 13.8 Å². The summed E-state index contributed by atoms with van der Waals surface area (Å²) in [4.78, 5) is 18.8. The number of hydrogen-bond donors (Lipinski definition) is 0. The van der Waals surface area contributed by atoms with Gasteiger partial charge >= 0.3 is 0 Å². The predicted octanol–water partition coefficient (Wildman–Crippen LogP) is 4.99. The molecule has 1 aliphatic rings. The molecule has 0 aliphatic carbocycles. The van der Waals surface area contributed by atoms with E-state index < -0.39 is 0 Å². The zero-order valence-corrected chi connectivity index (χ0v) is 18.3. The van der Waals surface area contributed by atoms with E-state index in [-0.39, 0.29) is 0 Å². The van der Waals surface area contributed by atoms with Gasteiger partial charge in [0.2, 0.25) is 0 Å². The Balaban J connectivity index is 2.01. The molecule has 152 valence electrons. The summed E-state index contributed by atoms with van der Waals surface area (Å²) in [6.45, 7) is 13.9. The molecule has 1 aromatic carbocycles. The van der Waals surface area contributed by atoms with Crippen molar-refractivity contribution in [3.63, 3.8) is 0 Å². The van der Waals surface area contributed by atoms with Crippen LogP contribution in [-0.2, 0) is 6.42 Å². The van der Waals surface area contributed by atoms with E-state index >= 15 is 0 Å². The number of aryl methyl sites for hydroxylation is 4. The molecule has 5 heteroatoms. The summed E-state index contributed by atoms with van der Waals surface area (Å²) in [5, 5.41) is 4.97. The first-order valence-corrected chi connectivity index (χ1v) is 10.6. The van der Waals surface area contributed by atoms with Crippen LogP contribution in [-0.4, -0.2) is 33.5 Å². The number of aldehydes is 1. The lowest BCUT2D eigenvalue weighted by Crippen LogP contribution is -2.34. The lowest BCUT2D eigenvalue weighted by atomic mass is 9.94. The van der Waals surface area contributed by atoms with E-state index in [1.165, 1.54) is 11.4 Å². The largest absolute Gasteiger partial charge is 0.353 e. The highest BCUT2D eigenvalue weighted by atomic mass is 16.1. The fourth-order valence-corrected chi connectivity index (χ4v) is 5.04. The van der Waals surface area contributed by atoms with Crippen molar-refractivity contribution in [1.29, 1.82) is 0 Å². The Morgan fingerprint density at radius 1 is 1.03 bits per heavy atom. The minimum absolute atomic E-state index is 0.518. The molecular weight excluding hydrogens is 360 g/mol. The number of fused-ring (bicyclic) bond motifs is 3. The van der Waals surface area contributed by atoms with Gasteiger partial charge in [0.15, 0.2) is 5.65 Å². The van der Waals surface area contributed by atoms with Crippen molar-refractivity contribution in [2.75, 3.05) is 11.4 Å². The summed E-state index contributed by atoms with van der Waals surface area (Å²) in [6, 6.07) is 4.42. The molecule has 5 nitrogen and oxygen atoms in total. The molecule has 0 bridgehead atoms. The fraction of sp³-hybridized carbons (Fsp3) is 0.458. The van der Waals surface area contributed by atoms with Gasteiger partial charge in [-0.2, -0.15) is 9.61 Å². The van der Waals surface area contributed by atoms with Crippen LogP contribution in [0.15, 0.2) is 12.1 Å². The quantitative estimate of drug-likeness (QED) is 0.576. The summed E-state index contributed by atoms with van der Waals surface area (Å²) in [5.74, 6) is 1.22. The standard InChI is InChI=1S/C24H30N4O/c1-7-19(8-2)27-10-9-20-16(5)25-23-22(17(6)26-28(23)24(20)27)21-14(3)11-18(13-29)12-15(21)4/h11-13,19H,7-10H2,1-6H3. The third-order valence-electron chi connectivity index (χ3n) is 6.42. The van der Waals surface area contributed by atoms with Crippen molar-refractivity contribution in [3.05, 3.63) is 45.8 Å². The maximum absolute atomic E-state index is 11.3. The summed E-state index contributed by atoms with van der Waals surface area (Å²) in [7, 11) is 0. The minimum Gasteiger partial charge on any atom is -0.353 e. The van der Waals surface area contributed by atoms with Gasteiger partial charge in [0, 0.05) is 29.4 Å². The number of benzene rings is 1. The highest BCUT2D eigenvalue weighted by Crippen LogP contribution is 2.39. The molecule has 0 atom stereocenters. The van der Waals surface area contributed by atoms with Gasteiger partial charge < -0.3 is 4.90 Å². The molecule has 3 heterocycles. The SMILES string of the molecule is CCC(CC)N1CCc2c(C)nc3c(-c4c(C)cc(C=O)cc4C)c(C)nn3c21. The topological polar surface area (TPSA) is 50.5 Å². The van der Waals surface area contributed by atoms with Crippen LogP contribution in [0.2, 0.25) is 0 Å². The summed E-state index contributed by atoms with van der Waals surface area (Å²) < 4.78 is 2.07. The van der Waals surface area contributed by atoms with Crippen LogP contribution in [0, 0.1) is 27.7 Å². The van der Waals surface area contributed by atoms with Crippen LogP contribution in [0.1, 0.15) is 65.1 Å². The molecular formula is C24H30N4O. The van der Waals surface area contributed by atoms with E-state index in [0.29, 0.717) is 11.6 Å². The highest BCUT2D eigenvalue weighted by Gasteiger charge is 2.31. The van der Waals surface area contributed by atoms with Gasteiger partial charge in [0.25, 0.3) is 0 Å². The Morgan fingerprint density at radius 2 is 1.69 bits per heavy atom.